The van der Waals surface area contributed by atoms with Crippen molar-refractivity contribution >= 4 is 22.8 Å². The van der Waals surface area contributed by atoms with Gasteiger partial charge in [-0.15, -0.1) is 0 Å². The molecule has 1 fully saturated rings. The van der Waals surface area contributed by atoms with E-state index in [0.717, 1.165) is 17.8 Å². The van der Waals surface area contributed by atoms with Crippen LogP contribution in [0.15, 0.2) is 6.33 Å². The third-order valence-electron chi connectivity index (χ3n) is 4.38. The largest absolute Gasteiger partial charge is 0.479 e. The average Bonchev–Trinajstić information content (AvgIpc) is 3.04. The number of nitrogens with zero attached hydrogens (tertiary/aromatic N) is 4. The normalized spacial score (nSPS) is 29.3. The predicted octanol–water partition coefficient (Wildman–Crippen LogP) is 1.01. The van der Waals surface area contributed by atoms with E-state index in [9.17, 15) is 19.0 Å². The summed E-state index contributed by atoms with van der Waals surface area (Å²) in [5.41, 5.74) is -1.83. The second-order valence-corrected chi connectivity index (χ2v) is 6.02. The number of methoxy groups -OCH3 is 1. The fraction of sp³-hybridized carbons (Fsp3) is 0.615. The average molecular weight is 365 g/mol. The van der Waals surface area contributed by atoms with Crippen LogP contribution in [-0.4, -0.2) is 62.1 Å². The number of hydrogen-bond donors (Lipinski definition) is 2. The Bertz CT molecular complexity index is 774. The number of rotatable bonds is 4. The van der Waals surface area contributed by atoms with Crippen molar-refractivity contribution in [3.8, 4) is 5.88 Å². The molecule has 0 radical (unpaired) electrons. The molecular weight excluding hydrogens is 350 g/mol. The highest BCUT2D eigenvalue weighted by molar-refractivity contribution is 6.28. The lowest BCUT2D eigenvalue weighted by molar-refractivity contribution is -0.152. The summed E-state index contributed by atoms with van der Waals surface area (Å²) >= 11 is 5.80. The second kappa shape index (κ2) is 5.73. The summed E-state index contributed by atoms with van der Waals surface area (Å²) < 4.78 is 41.2. The van der Waals surface area contributed by atoms with E-state index < -0.39 is 36.9 Å². The van der Waals surface area contributed by atoms with E-state index in [0.29, 0.717) is 0 Å². The maximum Gasteiger partial charge on any atom is 0.302 e. The quantitative estimate of drug-likeness (QED) is 0.780. The first kappa shape index (κ1) is 17.2. The van der Waals surface area contributed by atoms with E-state index in [1.165, 1.54) is 7.11 Å². The van der Waals surface area contributed by atoms with Gasteiger partial charge in [0.25, 0.3) is 0 Å². The van der Waals surface area contributed by atoms with Gasteiger partial charge in [0.05, 0.1) is 38.2 Å². The van der Waals surface area contributed by atoms with Gasteiger partial charge < -0.3 is 19.7 Å². The first-order valence-electron chi connectivity index (χ1n) is 6.99. The molecule has 1 unspecified atom stereocenters. The zero-order chi connectivity index (χ0) is 17.7. The Morgan fingerprint density at radius 1 is 1.42 bits per heavy atom. The van der Waals surface area contributed by atoms with E-state index >= 15 is 0 Å². The van der Waals surface area contributed by atoms with Crippen LogP contribution in [0.4, 0.5) is 8.78 Å². The molecule has 8 nitrogen and oxygen atoms in total. The Hall–Kier alpha value is -1.62. The molecular formula is C13H15ClF2N4O4. The molecule has 0 amide bonds. The van der Waals surface area contributed by atoms with Crippen LogP contribution in [0, 0.1) is 5.41 Å². The van der Waals surface area contributed by atoms with E-state index in [2.05, 4.69) is 15.0 Å². The first-order chi connectivity index (χ1) is 11.3. The lowest BCUT2D eigenvalue weighted by Gasteiger charge is -2.32. The number of aliphatic hydroxyl groups is 2. The van der Waals surface area contributed by atoms with Gasteiger partial charge in [0.2, 0.25) is 17.4 Å². The zero-order valence-electron chi connectivity index (χ0n) is 12.8. The summed E-state index contributed by atoms with van der Waals surface area (Å²) in [5.74, 6) is -3.47. The summed E-state index contributed by atoms with van der Waals surface area (Å²) in [4.78, 5) is 11.7. The van der Waals surface area contributed by atoms with Gasteiger partial charge in [-0.3, -0.25) is 4.57 Å². The summed E-state index contributed by atoms with van der Waals surface area (Å²) in [6.45, 7) is -0.391. The first-order valence-corrected chi connectivity index (χ1v) is 7.37. The second-order valence-electron chi connectivity index (χ2n) is 5.68. The van der Waals surface area contributed by atoms with Crippen LogP contribution in [0.2, 0.25) is 5.28 Å². The highest BCUT2D eigenvalue weighted by atomic mass is 35.5. The zero-order valence-corrected chi connectivity index (χ0v) is 13.5. The number of fused-ring (bicyclic) bond motifs is 1. The molecule has 2 aromatic heterocycles. The smallest absolute Gasteiger partial charge is 0.302 e. The van der Waals surface area contributed by atoms with Crippen molar-refractivity contribution in [2.45, 2.75) is 25.2 Å². The highest BCUT2D eigenvalue weighted by Gasteiger charge is 2.67. The standard InChI is InChI=1S/C13H15ClF2N4O4/c1-12(4-22)6(3-21)24-10(13(12,15)16)20-5-17-7-8(20)18-11(14)19-9(7)23-2/h5-6,10,21-22H,3-4H2,1-2H3/t6-,10-,12?/m1/s1. The fourth-order valence-electron chi connectivity index (χ4n) is 2.76. The van der Waals surface area contributed by atoms with Crippen LogP contribution in [0.1, 0.15) is 13.2 Å². The summed E-state index contributed by atoms with van der Waals surface area (Å²) in [6, 6.07) is 0. The lowest BCUT2D eigenvalue weighted by atomic mass is 9.80. The van der Waals surface area contributed by atoms with Crippen LogP contribution < -0.4 is 4.74 Å². The Morgan fingerprint density at radius 3 is 2.67 bits per heavy atom. The number of alkyl halides is 2. The van der Waals surface area contributed by atoms with Crippen molar-refractivity contribution in [2.75, 3.05) is 20.3 Å². The number of aromatic nitrogens is 4. The molecule has 2 N–H and O–H groups in total. The number of aliphatic hydroxyl groups excluding tert-OH is 2. The third kappa shape index (κ3) is 2.17. The molecule has 1 aliphatic heterocycles. The van der Waals surface area contributed by atoms with Crippen LogP contribution in [0.3, 0.4) is 0 Å². The summed E-state index contributed by atoms with van der Waals surface area (Å²) in [7, 11) is 1.34. The molecule has 3 atom stereocenters. The fourth-order valence-corrected chi connectivity index (χ4v) is 2.92. The molecule has 0 spiro atoms. The van der Waals surface area contributed by atoms with Crippen LogP contribution >= 0.6 is 11.6 Å². The van der Waals surface area contributed by atoms with Gasteiger partial charge in [-0.1, -0.05) is 0 Å². The van der Waals surface area contributed by atoms with Crippen LogP contribution in [0.25, 0.3) is 11.2 Å². The number of ether oxygens (including phenoxy) is 2. The maximum absolute atomic E-state index is 14.9. The number of halogens is 3. The molecule has 0 saturated carbocycles. The van der Waals surface area contributed by atoms with Crippen molar-refractivity contribution in [1.29, 1.82) is 0 Å². The number of imidazole rings is 1. The minimum Gasteiger partial charge on any atom is -0.479 e. The molecule has 24 heavy (non-hydrogen) atoms. The molecule has 2 aromatic rings. The van der Waals surface area contributed by atoms with E-state index in [4.69, 9.17) is 21.1 Å². The van der Waals surface area contributed by atoms with Gasteiger partial charge in [-0.25, -0.2) is 13.8 Å². The van der Waals surface area contributed by atoms with Gasteiger partial charge in [0, 0.05) is 0 Å². The maximum atomic E-state index is 14.9. The third-order valence-corrected chi connectivity index (χ3v) is 4.55. The van der Waals surface area contributed by atoms with E-state index in [1.807, 2.05) is 0 Å². The minimum atomic E-state index is -3.51. The lowest BCUT2D eigenvalue weighted by Crippen LogP contribution is -2.47. The molecule has 0 bridgehead atoms. The molecule has 132 valence electrons. The van der Waals surface area contributed by atoms with Crippen LogP contribution in [-0.2, 0) is 4.74 Å². The molecule has 3 rings (SSSR count). The van der Waals surface area contributed by atoms with Crippen molar-refractivity contribution < 1.29 is 28.5 Å². The SMILES string of the molecule is COc1nc(Cl)nc2c1ncn2[C@@H]1O[C@H](CO)C(C)(CO)C1(F)F. The van der Waals surface area contributed by atoms with Gasteiger partial charge in [-0.05, 0) is 18.5 Å². The van der Waals surface area contributed by atoms with Crippen LogP contribution in [0.5, 0.6) is 5.88 Å². The van der Waals surface area contributed by atoms with Crippen molar-refractivity contribution in [3.63, 3.8) is 0 Å². The Kier molecular flexibility index (Phi) is 4.11. The summed E-state index contributed by atoms with van der Waals surface area (Å²) in [5, 5.41) is 18.6. The molecule has 0 aromatic carbocycles. The monoisotopic (exact) mass is 364 g/mol. The van der Waals surface area contributed by atoms with Crippen molar-refractivity contribution in [3.05, 3.63) is 11.6 Å². The van der Waals surface area contributed by atoms with E-state index in [-0.39, 0.29) is 22.3 Å². The Balaban J connectivity index is 2.16. The predicted molar refractivity (Wildman–Crippen MR) is 78.0 cm³/mol. The Labute approximate surface area is 140 Å². The molecule has 1 saturated heterocycles. The minimum absolute atomic E-state index is 0.00426. The van der Waals surface area contributed by atoms with Crippen molar-refractivity contribution in [2.24, 2.45) is 5.41 Å². The molecule has 1 aliphatic rings. The van der Waals surface area contributed by atoms with Gasteiger partial charge in [0.15, 0.2) is 11.2 Å². The van der Waals surface area contributed by atoms with Crippen molar-refractivity contribution in [1.82, 2.24) is 19.5 Å². The Morgan fingerprint density at radius 2 is 2.12 bits per heavy atom. The summed E-state index contributed by atoms with van der Waals surface area (Å²) in [6.07, 6.45) is -1.99. The van der Waals surface area contributed by atoms with Gasteiger partial charge in [0.1, 0.15) is 0 Å². The molecule has 0 aliphatic carbocycles. The van der Waals surface area contributed by atoms with E-state index in [1.54, 1.807) is 0 Å². The van der Waals surface area contributed by atoms with Gasteiger partial charge >= 0.3 is 5.92 Å². The topological polar surface area (TPSA) is 103 Å². The van der Waals surface area contributed by atoms with Gasteiger partial charge in [-0.2, -0.15) is 9.97 Å². The molecule has 3 heterocycles. The highest BCUT2D eigenvalue weighted by Crippen LogP contribution is 2.55. The number of hydrogen-bond acceptors (Lipinski definition) is 7. The molecule has 11 heteroatoms.